The van der Waals surface area contributed by atoms with Crippen molar-refractivity contribution in [3.63, 3.8) is 0 Å². The molecule has 0 aliphatic rings. The molecule has 0 aliphatic heterocycles. The number of aromatic nitrogens is 4. The lowest BCUT2D eigenvalue weighted by Gasteiger charge is -2.07. The lowest BCUT2D eigenvalue weighted by Crippen LogP contribution is -2.32. The Hall–Kier alpha value is -2.64. The topological polar surface area (TPSA) is 110 Å². The van der Waals surface area contributed by atoms with Crippen molar-refractivity contribution < 1.29 is 0 Å². The fourth-order valence-electron chi connectivity index (χ4n) is 1.82. The zero-order chi connectivity index (χ0) is 14.7. The van der Waals surface area contributed by atoms with E-state index in [0.29, 0.717) is 25.1 Å². The van der Waals surface area contributed by atoms with Crippen molar-refractivity contribution in [3.8, 4) is 0 Å². The minimum Gasteiger partial charge on any atom is -0.301 e. The number of H-pyrrole nitrogens is 2. The maximum Gasteiger partial charge on any atom is 0.328 e. The highest BCUT2D eigenvalue weighted by Crippen LogP contribution is 1.91. The molecule has 20 heavy (non-hydrogen) atoms. The van der Waals surface area contributed by atoms with E-state index in [4.69, 9.17) is 0 Å². The van der Waals surface area contributed by atoms with Gasteiger partial charge in [-0.05, 0) is 13.3 Å². The summed E-state index contributed by atoms with van der Waals surface area (Å²) in [4.78, 5) is 49.5. The minimum absolute atomic E-state index is 0.361. The molecule has 0 saturated carbocycles. The van der Waals surface area contributed by atoms with E-state index in [1.54, 1.807) is 6.92 Å². The summed E-state index contributed by atoms with van der Waals surface area (Å²) in [5.74, 6) is 0. The Morgan fingerprint density at radius 3 is 2.35 bits per heavy atom. The van der Waals surface area contributed by atoms with E-state index in [1.807, 2.05) is 0 Å². The van der Waals surface area contributed by atoms with E-state index in [1.165, 1.54) is 27.6 Å². The van der Waals surface area contributed by atoms with Crippen LogP contribution in [0, 0.1) is 6.92 Å². The number of nitrogens with zero attached hydrogens (tertiary/aromatic N) is 2. The predicted molar refractivity (Wildman–Crippen MR) is 72.0 cm³/mol. The van der Waals surface area contributed by atoms with Gasteiger partial charge in [-0.3, -0.25) is 19.6 Å². The normalized spacial score (nSPS) is 10.7. The van der Waals surface area contributed by atoms with Gasteiger partial charge in [-0.2, -0.15) is 0 Å². The first-order valence-corrected chi connectivity index (χ1v) is 6.07. The standard InChI is InChI=1S/C12H14N4O4/c1-8-7-16(12(20)14-10(8)18)5-2-4-15-6-3-9(17)13-11(15)19/h3,6-7H,2,4-5H2,1H3,(H,13,17,19)(H,14,18,20). The molecule has 0 saturated heterocycles. The Kier molecular flexibility index (Phi) is 3.83. The number of aryl methyl sites for hydroxylation is 3. The van der Waals surface area contributed by atoms with Crippen LogP contribution in [-0.4, -0.2) is 19.1 Å². The van der Waals surface area contributed by atoms with E-state index in [0.717, 1.165) is 0 Å². The average molecular weight is 278 g/mol. The number of hydrogen-bond donors (Lipinski definition) is 2. The Labute approximate surface area is 112 Å². The van der Waals surface area contributed by atoms with Crippen LogP contribution in [-0.2, 0) is 13.1 Å². The summed E-state index contributed by atoms with van der Waals surface area (Å²) < 4.78 is 2.73. The second-order valence-corrected chi connectivity index (χ2v) is 4.42. The smallest absolute Gasteiger partial charge is 0.301 e. The fraction of sp³-hybridized carbons (Fsp3) is 0.333. The zero-order valence-electron chi connectivity index (χ0n) is 10.9. The van der Waals surface area contributed by atoms with Gasteiger partial charge in [-0.25, -0.2) is 9.59 Å². The highest BCUT2D eigenvalue weighted by molar-refractivity contribution is 5.00. The minimum atomic E-state index is -0.484. The third-order valence-corrected chi connectivity index (χ3v) is 2.88. The van der Waals surface area contributed by atoms with Gasteiger partial charge in [0.15, 0.2) is 0 Å². The zero-order valence-corrected chi connectivity index (χ0v) is 10.9. The van der Waals surface area contributed by atoms with Crippen LogP contribution in [0.15, 0.2) is 37.6 Å². The summed E-state index contributed by atoms with van der Waals surface area (Å²) in [6.07, 6.45) is 3.40. The SMILES string of the molecule is Cc1cn(CCCn2ccc(=O)[nH]c2=O)c(=O)[nH]c1=O. The molecule has 0 aliphatic carbocycles. The average Bonchev–Trinajstić information content (AvgIpc) is 2.38. The van der Waals surface area contributed by atoms with Gasteiger partial charge in [0.25, 0.3) is 11.1 Å². The quantitative estimate of drug-likeness (QED) is 0.730. The third kappa shape index (κ3) is 3.02. The van der Waals surface area contributed by atoms with Gasteiger partial charge in [-0.15, -0.1) is 0 Å². The van der Waals surface area contributed by atoms with Gasteiger partial charge in [0, 0.05) is 37.1 Å². The molecular formula is C12H14N4O4. The number of hydrogen-bond acceptors (Lipinski definition) is 4. The Bertz CT molecular complexity index is 840. The summed E-state index contributed by atoms with van der Waals surface area (Å²) in [6.45, 7) is 2.34. The highest BCUT2D eigenvalue weighted by Gasteiger charge is 2.01. The molecular weight excluding hydrogens is 264 g/mol. The molecule has 0 amide bonds. The first-order chi connectivity index (χ1) is 9.47. The van der Waals surface area contributed by atoms with Gasteiger partial charge in [-0.1, -0.05) is 0 Å². The third-order valence-electron chi connectivity index (χ3n) is 2.88. The van der Waals surface area contributed by atoms with E-state index >= 15 is 0 Å². The van der Waals surface area contributed by atoms with Crippen molar-refractivity contribution in [2.45, 2.75) is 26.4 Å². The summed E-state index contributed by atoms with van der Waals surface area (Å²) in [5, 5.41) is 0. The lowest BCUT2D eigenvalue weighted by atomic mass is 10.3. The van der Waals surface area contributed by atoms with Crippen molar-refractivity contribution in [1.29, 1.82) is 0 Å². The van der Waals surface area contributed by atoms with Gasteiger partial charge in [0.2, 0.25) is 0 Å². The van der Waals surface area contributed by atoms with Crippen LogP contribution in [0.5, 0.6) is 0 Å². The van der Waals surface area contributed by atoms with Crippen LogP contribution >= 0.6 is 0 Å². The summed E-state index contributed by atoms with van der Waals surface area (Å²) in [5.41, 5.74) is -1.36. The molecule has 8 nitrogen and oxygen atoms in total. The van der Waals surface area contributed by atoms with E-state index in [2.05, 4.69) is 9.97 Å². The number of nitrogens with one attached hydrogen (secondary N) is 2. The van der Waals surface area contributed by atoms with Gasteiger partial charge < -0.3 is 9.13 Å². The molecule has 2 aromatic rings. The molecule has 0 bridgehead atoms. The maximum atomic E-state index is 11.5. The van der Waals surface area contributed by atoms with E-state index in [9.17, 15) is 19.2 Å². The first kappa shape index (κ1) is 13.8. The van der Waals surface area contributed by atoms with Crippen molar-refractivity contribution in [2.24, 2.45) is 0 Å². The molecule has 0 aromatic carbocycles. The van der Waals surface area contributed by atoms with Crippen molar-refractivity contribution >= 4 is 0 Å². The molecule has 2 aromatic heterocycles. The lowest BCUT2D eigenvalue weighted by molar-refractivity contribution is 0.527. The predicted octanol–water partition coefficient (Wildman–Crippen LogP) is -1.21. The molecule has 0 atom stereocenters. The molecule has 2 N–H and O–H groups in total. The van der Waals surface area contributed by atoms with E-state index in [-0.39, 0.29) is 0 Å². The molecule has 2 rings (SSSR count). The second kappa shape index (κ2) is 5.55. The molecule has 106 valence electrons. The maximum absolute atomic E-state index is 11.5. The van der Waals surface area contributed by atoms with Crippen molar-refractivity contribution in [2.75, 3.05) is 0 Å². The van der Waals surface area contributed by atoms with Crippen molar-refractivity contribution in [3.05, 3.63) is 65.7 Å². The van der Waals surface area contributed by atoms with Crippen LogP contribution in [0.1, 0.15) is 12.0 Å². The van der Waals surface area contributed by atoms with Crippen LogP contribution < -0.4 is 22.5 Å². The first-order valence-electron chi connectivity index (χ1n) is 6.07. The molecule has 2 heterocycles. The van der Waals surface area contributed by atoms with Gasteiger partial charge in [0.05, 0.1) is 0 Å². The van der Waals surface area contributed by atoms with Crippen LogP contribution in [0.25, 0.3) is 0 Å². The summed E-state index contributed by atoms with van der Waals surface area (Å²) >= 11 is 0. The molecule has 0 radical (unpaired) electrons. The monoisotopic (exact) mass is 278 g/mol. The van der Waals surface area contributed by atoms with Crippen LogP contribution in [0.2, 0.25) is 0 Å². The molecule has 0 spiro atoms. The summed E-state index contributed by atoms with van der Waals surface area (Å²) in [7, 11) is 0. The second-order valence-electron chi connectivity index (χ2n) is 4.42. The largest absolute Gasteiger partial charge is 0.328 e. The molecule has 8 heteroatoms. The summed E-state index contributed by atoms with van der Waals surface area (Å²) in [6, 6.07) is 1.26. The number of aromatic amines is 2. The fourth-order valence-corrected chi connectivity index (χ4v) is 1.82. The Morgan fingerprint density at radius 2 is 1.65 bits per heavy atom. The molecule has 0 unspecified atom stereocenters. The van der Waals surface area contributed by atoms with Crippen LogP contribution in [0.4, 0.5) is 0 Å². The molecule has 0 fully saturated rings. The number of rotatable bonds is 4. The van der Waals surface area contributed by atoms with Crippen molar-refractivity contribution in [1.82, 2.24) is 19.1 Å². The van der Waals surface area contributed by atoms with Gasteiger partial charge in [0.1, 0.15) is 0 Å². The van der Waals surface area contributed by atoms with E-state index < -0.39 is 22.5 Å². The Morgan fingerprint density at radius 1 is 1.00 bits per heavy atom. The van der Waals surface area contributed by atoms with Gasteiger partial charge >= 0.3 is 11.4 Å². The highest BCUT2D eigenvalue weighted by atomic mass is 16.2. The van der Waals surface area contributed by atoms with Crippen LogP contribution in [0.3, 0.4) is 0 Å². The Balaban J connectivity index is 2.08.